The molecule has 0 aromatic carbocycles. The zero-order chi connectivity index (χ0) is 11.3. The maximum atomic E-state index is 11.8. The minimum Gasteiger partial charge on any atom is -0.281 e. The Bertz CT molecular complexity index is 307. The lowest BCUT2D eigenvalue weighted by Crippen LogP contribution is -2.34. The summed E-state index contributed by atoms with van der Waals surface area (Å²) in [7, 11) is -3.27. The molecule has 0 atom stereocenters. The first kappa shape index (κ1) is 12.9. The first-order valence-corrected chi connectivity index (χ1v) is 7.17. The molecule has 0 amide bonds. The van der Waals surface area contributed by atoms with Crippen LogP contribution in [0.15, 0.2) is 0 Å². The predicted octanol–water partition coefficient (Wildman–Crippen LogP) is 1.35. The van der Waals surface area contributed by atoms with E-state index in [0.717, 1.165) is 25.7 Å². The molecule has 1 aliphatic heterocycles. The number of rotatable bonds is 4. The molecule has 0 N–H and O–H groups in total. The minimum absolute atomic E-state index is 0.0968. The van der Waals surface area contributed by atoms with Crippen molar-refractivity contribution in [2.75, 3.05) is 18.8 Å². The number of hydrogen-bond acceptors (Lipinski definition) is 3. The quantitative estimate of drug-likeness (QED) is 0.711. The molecule has 0 bridgehead atoms. The van der Waals surface area contributed by atoms with Gasteiger partial charge in [0.1, 0.15) is 0 Å². The lowest BCUT2D eigenvalue weighted by atomic mass is 10.2. The Balaban J connectivity index is 2.54. The minimum atomic E-state index is -3.27. The van der Waals surface area contributed by atoms with Gasteiger partial charge in [0.15, 0.2) is 0 Å². The standard InChI is InChI=1S/C9H16ClNO3S/c10-9(12)5-8-15(13,14)11-6-3-1-2-4-7-11/h1-8H2. The summed E-state index contributed by atoms with van der Waals surface area (Å²) in [5, 5.41) is -0.589. The predicted molar refractivity (Wildman–Crippen MR) is 59.3 cm³/mol. The summed E-state index contributed by atoms with van der Waals surface area (Å²) in [6.07, 6.45) is 3.89. The second-order valence-corrected chi connectivity index (χ2v) is 6.24. The molecule has 1 rings (SSSR count). The van der Waals surface area contributed by atoms with Crippen molar-refractivity contribution in [3.8, 4) is 0 Å². The summed E-state index contributed by atoms with van der Waals surface area (Å²) in [6.45, 7) is 1.16. The van der Waals surface area contributed by atoms with Gasteiger partial charge in [-0.05, 0) is 24.4 Å². The molecular weight excluding hydrogens is 238 g/mol. The monoisotopic (exact) mass is 253 g/mol. The van der Waals surface area contributed by atoms with E-state index in [1.165, 1.54) is 4.31 Å². The van der Waals surface area contributed by atoms with Crippen molar-refractivity contribution in [3.63, 3.8) is 0 Å². The number of carbonyl (C=O) groups is 1. The fourth-order valence-electron chi connectivity index (χ4n) is 1.66. The van der Waals surface area contributed by atoms with Crippen molar-refractivity contribution in [2.45, 2.75) is 32.1 Å². The molecule has 0 unspecified atom stereocenters. The number of carbonyl (C=O) groups excluding carboxylic acids is 1. The summed E-state index contributed by atoms with van der Waals surface area (Å²) >= 11 is 5.13. The van der Waals surface area contributed by atoms with Crippen molar-refractivity contribution in [2.24, 2.45) is 0 Å². The fourth-order valence-corrected chi connectivity index (χ4v) is 3.38. The molecule has 0 radical (unpaired) electrons. The Hall–Kier alpha value is -0.130. The van der Waals surface area contributed by atoms with Crippen LogP contribution in [0.4, 0.5) is 0 Å². The molecule has 4 nitrogen and oxygen atoms in total. The lowest BCUT2D eigenvalue weighted by molar-refractivity contribution is -0.111. The van der Waals surface area contributed by atoms with Crippen LogP contribution in [-0.2, 0) is 14.8 Å². The Morgan fingerprint density at radius 2 is 1.67 bits per heavy atom. The van der Waals surface area contributed by atoms with Crippen LogP contribution in [0.1, 0.15) is 32.1 Å². The van der Waals surface area contributed by atoms with Gasteiger partial charge < -0.3 is 0 Å². The van der Waals surface area contributed by atoms with Gasteiger partial charge in [-0.3, -0.25) is 4.79 Å². The molecule has 1 fully saturated rings. The zero-order valence-corrected chi connectivity index (χ0v) is 10.2. The van der Waals surface area contributed by atoms with Crippen molar-refractivity contribution in [1.29, 1.82) is 0 Å². The summed E-state index contributed by atoms with van der Waals surface area (Å²) < 4.78 is 25.0. The van der Waals surface area contributed by atoms with Crippen molar-refractivity contribution >= 4 is 26.9 Å². The highest BCUT2D eigenvalue weighted by Crippen LogP contribution is 2.14. The van der Waals surface area contributed by atoms with Gasteiger partial charge in [-0.25, -0.2) is 12.7 Å². The van der Waals surface area contributed by atoms with E-state index in [9.17, 15) is 13.2 Å². The molecule has 1 aliphatic rings. The number of halogens is 1. The highest BCUT2D eigenvalue weighted by molar-refractivity contribution is 7.89. The molecule has 15 heavy (non-hydrogen) atoms. The molecule has 0 aromatic rings. The topological polar surface area (TPSA) is 54.5 Å². The van der Waals surface area contributed by atoms with Crippen molar-refractivity contribution < 1.29 is 13.2 Å². The first-order chi connectivity index (χ1) is 7.02. The molecule has 88 valence electrons. The average molecular weight is 254 g/mol. The molecule has 0 aromatic heterocycles. The second kappa shape index (κ2) is 5.82. The van der Waals surface area contributed by atoms with E-state index in [4.69, 9.17) is 11.6 Å². The highest BCUT2D eigenvalue weighted by Gasteiger charge is 2.23. The van der Waals surface area contributed by atoms with E-state index in [1.54, 1.807) is 0 Å². The van der Waals surface area contributed by atoms with Crippen LogP contribution in [0.25, 0.3) is 0 Å². The molecule has 1 saturated heterocycles. The van der Waals surface area contributed by atoms with E-state index in [0.29, 0.717) is 13.1 Å². The van der Waals surface area contributed by atoms with Crippen LogP contribution in [-0.4, -0.2) is 36.8 Å². The van der Waals surface area contributed by atoms with Gasteiger partial charge >= 0.3 is 0 Å². The Morgan fingerprint density at radius 1 is 1.13 bits per heavy atom. The highest BCUT2D eigenvalue weighted by atomic mass is 35.5. The SMILES string of the molecule is O=C(Cl)CCS(=O)(=O)N1CCCCCC1. The third-order valence-electron chi connectivity index (χ3n) is 2.51. The summed E-state index contributed by atoms with van der Waals surface area (Å²) in [4.78, 5) is 10.5. The molecule has 1 heterocycles. The Labute approximate surface area is 95.6 Å². The first-order valence-electron chi connectivity index (χ1n) is 5.18. The maximum Gasteiger partial charge on any atom is 0.222 e. The van der Waals surface area contributed by atoms with Gasteiger partial charge in [-0.1, -0.05) is 12.8 Å². The van der Waals surface area contributed by atoms with Gasteiger partial charge in [0.2, 0.25) is 15.3 Å². The van der Waals surface area contributed by atoms with E-state index in [1.807, 2.05) is 0 Å². The summed E-state index contributed by atoms with van der Waals surface area (Å²) in [6, 6.07) is 0. The zero-order valence-electron chi connectivity index (χ0n) is 8.62. The van der Waals surface area contributed by atoms with E-state index >= 15 is 0 Å². The summed E-state index contributed by atoms with van der Waals surface area (Å²) in [5.74, 6) is -0.157. The van der Waals surface area contributed by atoms with Crippen LogP contribution < -0.4 is 0 Å². The Morgan fingerprint density at radius 3 is 2.13 bits per heavy atom. The molecule has 0 aliphatic carbocycles. The van der Waals surface area contributed by atoms with Crippen LogP contribution >= 0.6 is 11.6 Å². The molecule has 6 heteroatoms. The van der Waals surface area contributed by atoms with Gasteiger partial charge in [-0.2, -0.15) is 0 Å². The fraction of sp³-hybridized carbons (Fsp3) is 0.889. The number of nitrogens with zero attached hydrogens (tertiary/aromatic N) is 1. The van der Waals surface area contributed by atoms with Crippen molar-refractivity contribution in [1.82, 2.24) is 4.31 Å². The van der Waals surface area contributed by atoms with Crippen LogP contribution in [0.5, 0.6) is 0 Å². The van der Waals surface area contributed by atoms with Gasteiger partial charge in [0.05, 0.1) is 5.75 Å². The number of hydrogen-bond donors (Lipinski definition) is 0. The van der Waals surface area contributed by atoms with Gasteiger partial charge in [0.25, 0.3) is 0 Å². The lowest BCUT2D eigenvalue weighted by Gasteiger charge is -2.19. The normalized spacial score (nSPS) is 19.8. The average Bonchev–Trinajstić information content (AvgIpc) is 2.43. The van der Waals surface area contributed by atoms with Crippen LogP contribution in [0.3, 0.4) is 0 Å². The third-order valence-corrected chi connectivity index (χ3v) is 4.58. The van der Waals surface area contributed by atoms with E-state index in [-0.39, 0.29) is 12.2 Å². The Kier molecular flexibility index (Phi) is 5.02. The van der Waals surface area contributed by atoms with Gasteiger partial charge in [0, 0.05) is 19.5 Å². The molecule has 0 saturated carbocycles. The molecular formula is C9H16ClNO3S. The second-order valence-electron chi connectivity index (χ2n) is 3.73. The van der Waals surface area contributed by atoms with E-state index < -0.39 is 15.3 Å². The smallest absolute Gasteiger partial charge is 0.222 e. The maximum absolute atomic E-state index is 11.8. The van der Waals surface area contributed by atoms with Crippen LogP contribution in [0.2, 0.25) is 0 Å². The largest absolute Gasteiger partial charge is 0.281 e. The van der Waals surface area contributed by atoms with Crippen LogP contribution in [0, 0.1) is 0 Å². The van der Waals surface area contributed by atoms with Crippen molar-refractivity contribution in [3.05, 3.63) is 0 Å². The van der Waals surface area contributed by atoms with Gasteiger partial charge in [-0.15, -0.1) is 0 Å². The third kappa shape index (κ3) is 4.49. The number of sulfonamides is 1. The summed E-state index contributed by atoms with van der Waals surface area (Å²) in [5.41, 5.74) is 0. The van der Waals surface area contributed by atoms with E-state index in [2.05, 4.69) is 0 Å². The molecule has 0 spiro atoms.